The number of nitrogens with two attached hydrogens (primary N) is 1. The minimum atomic E-state index is 0.295. The second kappa shape index (κ2) is 4.26. The summed E-state index contributed by atoms with van der Waals surface area (Å²) in [6, 6.07) is 6.39. The Morgan fingerprint density at radius 2 is 1.80 bits per heavy atom. The first-order valence-electron chi connectivity index (χ1n) is 5.68. The Morgan fingerprint density at radius 1 is 1.20 bits per heavy atom. The van der Waals surface area contributed by atoms with Gasteiger partial charge in [0.1, 0.15) is 0 Å². The standard InChI is InChI=1S/C14H23N/c1-10(2)12-8-6-7-11(13(12)15)9-14(3,4)5/h6-8,10H,9,15H2,1-5H3. The van der Waals surface area contributed by atoms with Crippen molar-refractivity contribution in [3.63, 3.8) is 0 Å². The highest BCUT2D eigenvalue weighted by atomic mass is 14.6. The third-order valence-corrected chi connectivity index (χ3v) is 2.57. The highest BCUT2D eigenvalue weighted by molar-refractivity contribution is 5.55. The predicted octanol–water partition coefficient (Wildman–Crippen LogP) is 3.98. The second-order valence-electron chi connectivity index (χ2n) is 5.81. The summed E-state index contributed by atoms with van der Waals surface area (Å²) < 4.78 is 0. The molecule has 1 aromatic rings. The molecule has 0 aromatic heterocycles. The zero-order valence-corrected chi connectivity index (χ0v) is 10.6. The van der Waals surface area contributed by atoms with Crippen LogP contribution >= 0.6 is 0 Å². The molecule has 1 aromatic carbocycles. The van der Waals surface area contributed by atoms with Gasteiger partial charge < -0.3 is 5.73 Å². The van der Waals surface area contributed by atoms with Crippen molar-refractivity contribution in [3.05, 3.63) is 29.3 Å². The molecular formula is C14H23N. The topological polar surface area (TPSA) is 26.0 Å². The molecule has 1 nitrogen and oxygen atoms in total. The van der Waals surface area contributed by atoms with Crippen molar-refractivity contribution in [3.8, 4) is 0 Å². The van der Waals surface area contributed by atoms with Gasteiger partial charge in [-0.3, -0.25) is 0 Å². The molecule has 0 aliphatic rings. The largest absolute Gasteiger partial charge is 0.398 e. The second-order valence-corrected chi connectivity index (χ2v) is 5.81. The van der Waals surface area contributed by atoms with Gasteiger partial charge in [0.25, 0.3) is 0 Å². The molecule has 0 spiro atoms. The average molecular weight is 205 g/mol. The van der Waals surface area contributed by atoms with Crippen LogP contribution in [0.25, 0.3) is 0 Å². The van der Waals surface area contributed by atoms with Crippen molar-refractivity contribution in [1.29, 1.82) is 0 Å². The van der Waals surface area contributed by atoms with Crippen LogP contribution in [-0.4, -0.2) is 0 Å². The van der Waals surface area contributed by atoms with Crippen molar-refractivity contribution < 1.29 is 0 Å². The lowest BCUT2D eigenvalue weighted by Crippen LogP contribution is -2.12. The molecule has 0 aliphatic carbocycles. The van der Waals surface area contributed by atoms with E-state index in [0.29, 0.717) is 11.3 Å². The van der Waals surface area contributed by atoms with Crippen molar-refractivity contribution in [2.45, 2.75) is 47.0 Å². The maximum atomic E-state index is 6.19. The Morgan fingerprint density at radius 3 is 2.27 bits per heavy atom. The Kier molecular flexibility index (Phi) is 3.43. The van der Waals surface area contributed by atoms with Crippen LogP contribution in [0.5, 0.6) is 0 Å². The molecule has 15 heavy (non-hydrogen) atoms. The Bertz CT molecular complexity index is 332. The van der Waals surface area contributed by atoms with Gasteiger partial charge in [0.2, 0.25) is 0 Å². The van der Waals surface area contributed by atoms with Gasteiger partial charge in [-0.05, 0) is 28.9 Å². The van der Waals surface area contributed by atoms with E-state index >= 15 is 0 Å². The monoisotopic (exact) mass is 205 g/mol. The molecule has 84 valence electrons. The molecular weight excluding hydrogens is 182 g/mol. The van der Waals surface area contributed by atoms with Crippen LogP contribution in [-0.2, 0) is 6.42 Å². The molecule has 0 fully saturated rings. The van der Waals surface area contributed by atoms with Crippen molar-refractivity contribution in [2.24, 2.45) is 5.41 Å². The summed E-state index contributed by atoms with van der Waals surface area (Å²) in [6.45, 7) is 11.1. The summed E-state index contributed by atoms with van der Waals surface area (Å²) in [4.78, 5) is 0. The summed E-state index contributed by atoms with van der Waals surface area (Å²) >= 11 is 0. The Hall–Kier alpha value is -0.980. The fraction of sp³-hybridized carbons (Fsp3) is 0.571. The van der Waals surface area contributed by atoms with Crippen LogP contribution < -0.4 is 5.73 Å². The number of benzene rings is 1. The quantitative estimate of drug-likeness (QED) is 0.726. The first kappa shape index (κ1) is 12.1. The van der Waals surface area contributed by atoms with Gasteiger partial charge in [-0.2, -0.15) is 0 Å². The lowest BCUT2D eigenvalue weighted by molar-refractivity contribution is 0.411. The number of anilines is 1. The molecule has 0 radical (unpaired) electrons. The van der Waals surface area contributed by atoms with Crippen molar-refractivity contribution in [2.75, 3.05) is 5.73 Å². The normalized spacial score (nSPS) is 12.1. The summed E-state index contributed by atoms with van der Waals surface area (Å²) in [7, 11) is 0. The van der Waals surface area contributed by atoms with Crippen LogP contribution in [0.15, 0.2) is 18.2 Å². The van der Waals surface area contributed by atoms with E-state index in [-0.39, 0.29) is 0 Å². The maximum absolute atomic E-state index is 6.19. The van der Waals surface area contributed by atoms with Crippen LogP contribution in [0.1, 0.15) is 51.7 Å². The Balaban J connectivity index is 3.05. The summed E-state index contributed by atoms with van der Waals surface area (Å²) in [5.41, 5.74) is 10.0. The van der Waals surface area contributed by atoms with Gasteiger partial charge in [0.15, 0.2) is 0 Å². The molecule has 0 aliphatic heterocycles. The molecule has 0 unspecified atom stereocenters. The molecule has 0 atom stereocenters. The van der Waals surface area contributed by atoms with Gasteiger partial charge >= 0.3 is 0 Å². The number of rotatable bonds is 2. The fourth-order valence-electron chi connectivity index (χ4n) is 1.86. The number of hydrogen-bond acceptors (Lipinski definition) is 1. The molecule has 2 N–H and O–H groups in total. The van der Waals surface area contributed by atoms with E-state index in [1.165, 1.54) is 11.1 Å². The Labute approximate surface area is 93.7 Å². The van der Waals surface area contributed by atoms with E-state index in [1.807, 2.05) is 0 Å². The van der Waals surface area contributed by atoms with Crippen molar-refractivity contribution in [1.82, 2.24) is 0 Å². The number of nitrogen functional groups attached to an aromatic ring is 1. The average Bonchev–Trinajstić information content (AvgIpc) is 2.05. The molecule has 1 heteroatoms. The zero-order chi connectivity index (χ0) is 11.6. The van der Waals surface area contributed by atoms with E-state index < -0.39 is 0 Å². The number of para-hydroxylation sites is 1. The lowest BCUT2D eigenvalue weighted by Gasteiger charge is -2.21. The minimum Gasteiger partial charge on any atom is -0.398 e. The highest BCUT2D eigenvalue weighted by Crippen LogP contribution is 2.29. The van der Waals surface area contributed by atoms with Gasteiger partial charge in [-0.15, -0.1) is 0 Å². The minimum absolute atomic E-state index is 0.295. The molecule has 0 amide bonds. The smallest absolute Gasteiger partial charge is 0.0381 e. The molecule has 0 saturated carbocycles. The van der Waals surface area contributed by atoms with Crippen molar-refractivity contribution >= 4 is 5.69 Å². The summed E-state index contributed by atoms with van der Waals surface area (Å²) in [6.07, 6.45) is 1.04. The lowest BCUT2D eigenvalue weighted by atomic mass is 9.85. The van der Waals surface area contributed by atoms with Gasteiger partial charge in [0, 0.05) is 5.69 Å². The van der Waals surface area contributed by atoms with Gasteiger partial charge in [0.05, 0.1) is 0 Å². The molecule has 1 rings (SSSR count). The third-order valence-electron chi connectivity index (χ3n) is 2.57. The van der Waals surface area contributed by atoms with Crippen LogP contribution in [0.3, 0.4) is 0 Å². The summed E-state index contributed by atoms with van der Waals surface area (Å²) in [5, 5.41) is 0. The number of hydrogen-bond donors (Lipinski definition) is 1. The van der Waals surface area contributed by atoms with Crippen LogP contribution in [0, 0.1) is 5.41 Å². The first-order chi connectivity index (χ1) is 6.81. The third kappa shape index (κ3) is 3.26. The molecule has 0 saturated heterocycles. The SMILES string of the molecule is CC(C)c1cccc(CC(C)(C)C)c1N. The van der Waals surface area contributed by atoms with Crippen LogP contribution in [0.2, 0.25) is 0 Å². The van der Waals surface area contributed by atoms with E-state index in [4.69, 9.17) is 5.73 Å². The highest BCUT2D eigenvalue weighted by Gasteiger charge is 2.15. The summed E-state index contributed by atoms with van der Waals surface area (Å²) in [5.74, 6) is 0.505. The van der Waals surface area contributed by atoms with E-state index in [9.17, 15) is 0 Å². The molecule has 0 heterocycles. The van der Waals surface area contributed by atoms with E-state index in [0.717, 1.165) is 12.1 Å². The predicted molar refractivity (Wildman–Crippen MR) is 68.1 cm³/mol. The molecule has 0 bridgehead atoms. The van der Waals surface area contributed by atoms with Gasteiger partial charge in [-0.25, -0.2) is 0 Å². The van der Waals surface area contributed by atoms with E-state index in [2.05, 4.69) is 52.8 Å². The maximum Gasteiger partial charge on any atom is 0.0381 e. The van der Waals surface area contributed by atoms with Crippen LogP contribution in [0.4, 0.5) is 5.69 Å². The van der Waals surface area contributed by atoms with E-state index in [1.54, 1.807) is 0 Å². The van der Waals surface area contributed by atoms with Gasteiger partial charge in [-0.1, -0.05) is 52.8 Å². The fourth-order valence-corrected chi connectivity index (χ4v) is 1.86. The zero-order valence-electron chi connectivity index (χ0n) is 10.6. The first-order valence-corrected chi connectivity index (χ1v) is 5.68.